The van der Waals surface area contributed by atoms with E-state index in [9.17, 15) is 13.5 Å². The van der Waals surface area contributed by atoms with Crippen molar-refractivity contribution in [2.24, 2.45) is 11.8 Å². The summed E-state index contributed by atoms with van der Waals surface area (Å²) in [5, 5.41) is 11.6. The highest BCUT2D eigenvalue weighted by molar-refractivity contribution is 7.90. The van der Waals surface area contributed by atoms with E-state index < -0.39 is 15.4 Å². The average molecular weight is 388 g/mol. The van der Waals surface area contributed by atoms with Crippen LogP contribution in [0.15, 0.2) is 41.4 Å². The first-order valence-electron chi connectivity index (χ1n) is 9.35. The van der Waals surface area contributed by atoms with E-state index in [-0.39, 0.29) is 10.8 Å². The minimum Gasteiger partial charge on any atom is -0.385 e. The Kier molecular flexibility index (Phi) is 4.47. The predicted octanol–water partition coefficient (Wildman–Crippen LogP) is 2.31. The molecular formula is C20H25N3O3S. The average Bonchev–Trinajstić information content (AvgIpc) is 3.07. The van der Waals surface area contributed by atoms with E-state index in [1.165, 1.54) is 12.5 Å². The van der Waals surface area contributed by atoms with E-state index in [2.05, 4.69) is 9.97 Å². The zero-order chi connectivity index (χ0) is 19.2. The van der Waals surface area contributed by atoms with E-state index in [1.807, 2.05) is 35.2 Å². The van der Waals surface area contributed by atoms with Crippen LogP contribution < -0.4 is 4.90 Å². The van der Waals surface area contributed by atoms with Crippen molar-refractivity contribution in [2.45, 2.75) is 36.7 Å². The van der Waals surface area contributed by atoms with Crippen LogP contribution in [-0.4, -0.2) is 42.8 Å². The van der Waals surface area contributed by atoms with Crippen molar-refractivity contribution in [1.29, 1.82) is 0 Å². The summed E-state index contributed by atoms with van der Waals surface area (Å²) in [6, 6.07) is 9.85. The summed E-state index contributed by atoms with van der Waals surface area (Å²) in [4.78, 5) is 10.7. The molecule has 0 unspecified atom stereocenters. The van der Waals surface area contributed by atoms with E-state index in [0.29, 0.717) is 30.6 Å². The molecule has 144 valence electrons. The van der Waals surface area contributed by atoms with Crippen LogP contribution in [-0.2, 0) is 15.4 Å². The van der Waals surface area contributed by atoms with Gasteiger partial charge in [0.25, 0.3) is 0 Å². The highest BCUT2D eigenvalue weighted by Gasteiger charge is 2.50. The largest absolute Gasteiger partial charge is 0.385 e. The minimum absolute atomic E-state index is 0.0522. The van der Waals surface area contributed by atoms with Gasteiger partial charge in [-0.25, -0.2) is 18.4 Å². The molecule has 0 bridgehead atoms. The Morgan fingerprint density at radius 1 is 1.22 bits per heavy atom. The molecule has 6 nitrogen and oxygen atoms in total. The van der Waals surface area contributed by atoms with Gasteiger partial charge in [0.1, 0.15) is 10.7 Å². The second-order valence-electron chi connectivity index (χ2n) is 7.83. The first kappa shape index (κ1) is 18.4. The van der Waals surface area contributed by atoms with Crippen molar-refractivity contribution in [3.05, 3.63) is 47.9 Å². The topological polar surface area (TPSA) is 83.4 Å². The fraction of sp³-hybridized carbons (Fsp3) is 0.500. The van der Waals surface area contributed by atoms with Crippen LogP contribution in [0.3, 0.4) is 0 Å². The molecule has 1 N–H and O–H groups in total. The maximum absolute atomic E-state index is 12.2. The summed E-state index contributed by atoms with van der Waals surface area (Å²) >= 11 is 0. The highest BCUT2D eigenvalue weighted by atomic mass is 32.2. The second kappa shape index (κ2) is 6.56. The van der Waals surface area contributed by atoms with Crippen LogP contribution in [0.2, 0.25) is 0 Å². The molecule has 0 spiro atoms. The molecule has 1 aromatic heterocycles. The number of rotatable bonds is 3. The normalized spacial score (nSPS) is 28.2. The van der Waals surface area contributed by atoms with Crippen molar-refractivity contribution in [2.75, 3.05) is 24.2 Å². The zero-order valence-electron chi connectivity index (χ0n) is 15.7. The molecule has 27 heavy (non-hydrogen) atoms. The molecule has 1 aliphatic heterocycles. The molecule has 2 aliphatic rings. The van der Waals surface area contributed by atoms with E-state index in [1.54, 1.807) is 6.92 Å². The summed E-state index contributed by atoms with van der Waals surface area (Å²) in [6.45, 7) is 3.06. The molecule has 4 rings (SSSR count). The standard InChI is InChI=1S/C20H25N3O3S/c1-14-21-11-18(27(2,25)26)19(22-14)23-12-15-7-6-10-20(24,17(15)13-23)16-8-4-3-5-9-16/h3-5,8-9,11,15,17,24H,6-7,10,12-13H2,1-2H3/t15-,17+,20+/m0/s1. The molecule has 2 fully saturated rings. The van der Waals surface area contributed by atoms with Crippen molar-refractivity contribution in [3.63, 3.8) is 0 Å². The Balaban J connectivity index is 1.72. The molecule has 1 aromatic carbocycles. The fourth-order valence-corrected chi connectivity index (χ4v) is 5.47. The number of fused-ring (bicyclic) bond motifs is 1. The quantitative estimate of drug-likeness (QED) is 0.870. The molecule has 0 amide bonds. The molecule has 1 saturated carbocycles. The van der Waals surface area contributed by atoms with Crippen LogP contribution in [0.1, 0.15) is 30.7 Å². The van der Waals surface area contributed by atoms with Crippen molar-refractivity contribution in [1.82, 2.24) is 9.97 Å². The first-order valence-corrected chi connectivity index (χ1v) is 11.2. The third kappa shape index (κ3) is 3.23. The van der Waals surface area contributed by atoms with Gasteiger partial charge in [-0.3, -0.25) is 0 Å². The zero-order valence-corrected chi connectivity index (χ0v) is 16.5. The number of aliphatic hydroxyl groups is 1. The minimum atomic E-state index is -3.43. The number of aromatic nitrogens is 2. The Labute approximate surface area is 160 Å². The van der Waals surface area contributed by atoms with Crippen LogP contribution >= 0.6 is 0 Å². The Morgan fingerprint density at radius 2 is 1.96 bits per heavy atom. The predicted molar refractivity (Wildman–Crippen MR) is 103 cm³/mol. The molecular weight excluding hydrogens is 362 g/mol. The fourth-order valence-electron chi connectivity index (χ4n) is 4.72. The molecule has 3 atom stereocenters. The monoisotopic (exact) mass is 387 g/mol. The van der Waals surface area contributed by atoms with Gasteiger partial charge in [0.15, 0.2) is 15.7 Å². The molecule has 7 heteroatoms. The molecule has 1 aliphatic carbocycles. The third-order valence-corrected chi connectivity index (χ3v) is 7.10. The Morgan fingerprint density at radius 3 is 2.67 bits per heavy atom. The smallest absolute Gasteiger partial charge is 0.180 e. The van der Waals surface area contributed by atoms with Gasteiger partial charge in [0.05, 0.1) is 11.8 Å². The van der Waals surface area contributed by atoms with Crippen molar-refractivity contribution >= 4 is 15.7 Å². The van der Waals surface area contributed by atoms with Gasteiger partial charge in [-0.05, 0) is 37.7 Å². The van der Waals surface area contributed by atoms with Gasteiger partial charge in [-0.1, -0.05) is 30.3 Å². The highest BCUT2D eigenvalue weighted by Crippen LogP contribution is 2.49. The van der Waals surface area contributed by atoms with Gasteiger partial charge in [0.2, 0.25) is 0 Å². The number of hydrogen-bond donors (Lipinski definition) is 1. The lowest BCUT2D eigenvalue weighted by atomic mass is 9.67. The van der Waals surface area contributed by atoms with Gasteiger partial charge < -0.3 is 10.0 Å². The number of sulfone groups is 1. The van der Waals surface area contributed by atoms with Crippen molar-refractivity contribution in [3.8, 4) is 0 Å². The maximum atomic E-state index is 12.2. The summed E-state index contributed by atoms with van der Waals surface area (Å²) < 4.78 is 24.5. The van der Waals surface area contributed by atoms with Crippen LogP contribution in [0.5, 0.6) is 0 Å². The van der Waals surface area contributed by atoms with E-state index in [4.69, 9.17) is 0 Å². The van der Waals surface area contributed by atoms with Crippen LogP contribution in [0.4, 0.5) is 5.82 Å². The van der Waals surface area contributed by atoms with Gasteiger partial charge in [0, 0.05) is 25.3 Å². The lowest BCUT2D eigenvalue weighted by molar-refractivity contribution is -0.0631. The maximum Gasteiger partial charge on any atom is 0.180 e. The second-order valence-corrected chi connectivity index (χ2v) is 9.82. The number of benzene rings is 1. The Hall–Kier alpha value is -1.99. The van der Waals surface area contributed by atoms with Crippen LogP contribution in [0.25, 0.3) is 0 Å². The van der Waals surface area contributed by atoms with Crippen LogP contribution in [0, 0.1) is 18.8 Å². The number of hydrogen-bond acceptors (Lipinski definition) is 6. The summed E-state index contributed by atoms with van der Waals surface area (Å²) in [5.74, 6) is 1.38. The molecule has 2 heterocycles. The van der Waals surface area contributed by atoms with Gasteiger partial charge in [-0.15, -0.1) is 0 Å². The lowest BCUT2D eigenvalue weighted by Crippen LogP contribution is -2.42. The van der Waals surface area contributed by atoms with Gasteiger partial charge >= 0.3 is 0 Å². The Bertz CT molecular complexity index is 948. The summed E-state index contributed by atoms with van der Waals surface area (Å²) in [5.41, 5.74) is 0.0652. The number of aryl methyl sites for hydroxylation is 1. The summed E-state index contributed by atoms with van der Waals surface area (Å²) in [7, 11) is -3.43. The van der Waals surface area contributed by atoms with Gasteiger partial charge in [-0.2, -0.15) is 0 Å². The SMILES string of the molecule is Cc1ncc(S(C)(=O)=O)c(N2C[C@@H]3CCC[C@@](O)(c4ccccc4)[C@@H]3C2)n1. The molecule has 2 aromatic rings. The number of anilines is 1. The lowest BCUT2D eigenvalue weighted by Gasteiger charge is -2.41. The van der Waals surface area contributed by atoms with Crippen molar-refractivity contribution < 1.29 is 13.5 Å². The van der Waals surface area contributed by atoms with E-state index >= 15 is 0 Å². The summed E-state index contributed by atoms with van der Waals surface area (Å²) in [6.07, 6.45) is 5.32. The molecule has 1 saturated heterocycles. The first-order chi connectivity index (χ1) is 12.8. The third-order valence-electron chi connectivity index (χ3n) is 6.02. The molecule has 0 radical (unpaired) electrons. The number of nitrogens with zero attached hydrogens (tertiary/aromatic N) is 3. The van der Waals surface area contributed by atoms with E-state index in [0.717, 1.165) is 24.8 Å².